The molecule has 0 bridgehead atoms. The van der Waals surface area contributed by atoms with Crippen molar-refractivity contribution in [2.45, 2.75) is 32.6 Å². The van der Waals surface area contributed by atoms with Gasteiger partial charge in [0.1, 0.15) is 4.88 Å². The van der Waals surface area contributed by atoms with Crippen LogP contribution in [0, 0.1) is 11.8 Å². The second-order valence-electron chi connectivity index (χ2n) is 4.91. The van der Waals surface area contributed by atoms with Crippen molar-refractivity contribution >= 4 is 28.9 Å². The Balaban J connectivity index is 1.98. The molecule has 0 spiro atoms. The van der Waals surface area contributed by atoms with E-state index in [1.54, 1.807) is 11.4 Å². The minimum absolute atomic E-state index is 0.0303. The standard InChI is InChI=1S/C13H17NO3S/c1-8-2-4-9(5-3-8)12(15)14-10-6-7-18-11(10)13(16)17/h6-9H,2-5H2,1H3,(H,14,15)(H,16,17). The molecule has 18 heavy (non-hydrogen) atoms. The Morgan fingerprint density at radius 2 is 2.00 bits per heavy atom. The van der Waals surface area contributed by atoms with Crippen molar-refractivity contribution in [3.8, 4) is 0 Å². The molecule has 0 unspecified atom stereocenters. The Hall–Kier alpha value is -1.36. The summed E-state index contributed by atoms with van der Waals surface area (Å²) in [7, 11) is 0. The second kappa shape index (κ2) is 5.52. The molecule has 1 aromatic heterocycles. The molecule has 2 rings (SSSR count). The Morgan fingerprint density at radius 1 is 1.33 bits per heavy atom. The quantitative estimate of drug-likeness (QED) is 0.883. The number of anilines is 1. The van der Waals surface area contributed by atoms with Gasteiger partial charge in [-0.05, 0) is 43.0 Å². The van der Waals surface area contributed by atoms with E-state index in [-0.39, 0.29) is 16.7 Å². The van der Waals surface area contributed by atoms with E-state index in [1.807, 2.05) is 0 Å². The van der Waals surface area contributed by atoms with Crippen LogP contribution in [0.3, 0.4) is 0 Å². The van der Waals surface area contributed by atoms with Gasteiger partial charge < -0.3 is 10.4 Å². The van der Waals surface area contributed by atoms with E-state index >= 15 is 0 Å². The first-order valence-electron chi connectivity index (χ1n) is 6.19. The summed E-state index contributed by atoms with van der Waals surface area (Å²) < 4.78 is 0. The van der Waals surface area contributed by atoms with Crippen LogP contribution in [0.4, 0.5) is 5.69 Å². The predicted molar refractivity (Wildman–Crippen MR) is 71.0 cm³/mol. The summed E-state index contributed by atoms with van der Waals surface area (Å²) in [6, 6.07) is 1.65. The third-order valence-electron chi connectivity index (χ3n) is 3.50. The highest BCUT2D eigenvalue weighted by Crippen LogP contribution is 2.30. The van der Waals surface area contributed by atoms with Crippen molar-refractivity contribution in [1.82, 2.24) is 0 Å². The Bertz CT molecular complexity index is 447. The van der Waals surface area contributed by atoms with Crippen molar-refractivity contribution in [1.29, 1.82) is 0 Å². The molecular weight excluding hydrogens is 250 g/mol. The topological polar surface area (TPSA) is 66.4 Å². The van der Waals surface area contributed by atoms with Crippen molar-refractivity contribution < 1.29 is 14.7 Å². The van der Waals surface area contributed by atoms with Crippen LogP contribution in [0.25, 0.3) is 0 Å². The minimum atomic E-state index is -0.988. The van der Waals surface area contributed by atoms with Crippen molar-refractivity contribution in [3.05, 3.63) is 16.3 Å². The van der Waals surface area contributed by atoms with Gasteiger partial charge in [0.15, 0.2) is 0 Å². The van der Waals surface area contributed by atoms with Gasteiger partial charge in [0, 0.05) is 5.92 Å². The van der Waals surface area contributed by atoms with E-state index in [1.165, 1.54) is 0 Å². The number of rotatable bonds is 3. The number of carbonyl (C=O) groups is 2. The lowest BCUT2D eigenvalue weighted by atomic mass is 9.82. The maximum atomic E-state index is 12.0. The molecule has 1 aliphatic rings. The van der Waals surface area contributed by atoms with E-state index in [4.69, 9.17) is 5.11 Å². The summed E-state index contributed by atoms with van der Waals surface area (Å²) in [6.45, 7) is 2.20. The third kappa shape index (κ3) is 2.90. The zero-order valence-electron chi connectivity index (χ0n) is 10.3. The highest BCUT2D eigenvalue weighted by Gasteiger charge is 2.25. The van der Waals surface area contributed by atoms with E-state index in [0.29, 0.717) is 11.6 Å². The highest BCUT2D eigenvalue weighted by molar-refractivity contribution is 7.12. The number of amides is 1. The lowest BCUT2D eigenvalue weighted by molar-refractivity contribution is -0.121. The normalized spacial score (nSPS) is 23.6. The van der Waals surface area contributed by atoms with Gasteiger partial charge in [0.25, 0.3) is 0 Å². The first-order valence-corrected chi connectivity index (χ1v) is 7.07. The number of aromatic carboxylic acids is 1. The molecule has 0 aromatic carbocycles. The average molecular weight is 267 g/mol. The van der Waals surface area contributed by atoms with Crippen LogP contribution < -0.4 is 5.32 Å². The number of nitrogens with one attached hydrogen (secondary N) is 1. The molecule has 0 saturated heterocycles. The van der Waals surface area contributed by atoms with Gasteiger partial charge in [-0.15, -0.1) is 11.3 Å². The Morgan fingerprint density at radius 3 is 2.61 bits per heavy atom. The SMILES string of the molecule is CC1CCC(C(=O)Nc2ccsc2C(=O)O)CC1. The zero-order valence-corrected chi connectivity index (χ0v) is 11.1. The predicted octanol–water partition coefficient (Wildman–Crippen LogP) is 3.21. The number of carboxylic acids is 1. The highest BCUT2D eigenvalue weighted by atomic mass is 32.1. The number of carbonyl (C=O) groups excluding carboxylic acids is 1. The molecule has 0 radical (unpaired) electrons. The molecule has 1 fully saturated rings. The minimum Gasteiger partial charge on any atom is -0.477 e. The summed E-state index contributed by atoms with van der Waals surface area (Å²) in [5, 5.41) is 13.4. The van der Waals surface area contributed by atoms with Crippen molar-refractivity contribution in [3.63, 3.8) is 0 Å². The fourth-order valence-electron chi connectivity index (χ4n) is 2.33. The van der Waals surface area contributed by atoms with Gasteiger partial charge in [-0.25, -0.2) is 4.79 Å². The third-order valence-corrected chi connectivity index (χ3v) is 4.41. The molecule has 0 atom stereocenters. The Kier molecular flexibility index (Phi) is 4.01. The molecule has 1 aliphatic carbocycles. The van der Waals surface area contributed by atoms with E-state index in [2.05, 4.69) is 12.2 Å². The van der Waals surface area contributed by atoms with Gasteiger partial charge in [0.05, 0.1) is 5.69 Å². The number of hydrogen-bond donors (Lipinski definition) is 2. The molecular formula is C13H17NO3S. The van der Waals surface area contributed by atoms with Gasteiger partial charge in [-0.1, -0.05) is 6.92 Å². The van der Waals surface area contributed by atoms with Gasteiger partial charge >= 0.3 is 5.97 Å². The maximum absolute atomic E-state index is 12.0. The van der Waals surface area contributed by atoms with Crippen LogP contribution in [0.5, 0.6) is 0 Å². The second-order valence-corrected chi connectivity index (χ2v) is 5.83. The lowest BCUT2D eigenvalue weighted by Crippen LogP contribution is -2.26. The fourth-order valence-corrected chi connectivity index (χ4v) is 3.02. The molecule has 2 N–H and O–H groups in total. The molecule has 1 heterocycles. The van der Waals surface area contributed by atoms with Crippen LogP contribution in [0.15, 0.2) is 11.4 Å². The molecule has 98 valence electrons. The molecule has 1 saturated carbocycles. The lowest BCUT2D eigenvalue weighted by Gasteiger charge is -2.25. The first kappa shape index (κ1) is 13.1. The monoisotopic (exact) mass is 267 g/mol. The molecule has 4 nitrogen and oxygen atoms in total. The van der Waals surface area contributed by atoms with Crippen LogP contribution in [-0.2, 0) is 4.79 Å². The fraction of sp³-hybridized carbons (Fsp3) is 0.538. The smallest absolute Gasteiger partial charge is 0.348 e. The van der Waals surface area contributed by atoms with Gasteiger partial charge in [0.2, 0.25) is 5.91 Å². The molecule has 5 heteroatoms. The van der Waals surface area contributed by atoms with Gasteiger partial charge in [-0.3, -0.25) is 4.79 Å². The van der Waals surface area contributed by atoms with Gasteiger partial charge in [-0.2, -0.15) is 0 Å². The van der Waals surface area contributed by atoms with Crippen LogP contribution in [-0.4, -0.2) is 17.0 Å². The molecule has 1 aromatic rings. The maximum Gasteiger partial charge on any atom is 0.348 e. The summed E-state index contributed by atoms with van der Waals surface area (Å²) in [5.41, 5.74) is 0.427. The van der Waals surface area contributed by atoms with Crippen LogP contribution >= 0.6 is 11.3 Å². The molecule has 1 amide bonds. The number of carboxylic acid groups (broad SMARTS) is 1. The van der Waals surface area contributed by atoms with E-state index in [9.17, 15) is 9.59 Å². The summed E-state index contributed by atoms with van der Waals surface area (Å²) in [5.74, 6) is -0.298. The van der Waals surface area contributed by atoms with Crippen molar-refractivity contribution in [2.75, 3.05) is 5.32 Å². The van der Waals surface area contributed by atoms with Crippen LogP contribution in [0.2, 0.25) is 0 Å². The first-order chi connectivity index (χ1) is 8.58. The molecule has 0 aliphatic heterocycles. The summed E-state index contributed by atoms with van der Waals surface area (Å²) in [4.78, 5) is 23.2. The largest absolute Gasteiger partial charge is 0.477 e. The summed E-state index contributed by atoms with van der Waals surface area (Å²) >= 11 is 1.13. The zero-order chi connectivity index (χ0) is 13.1. The summed E-state index contributed by atoms with van der Waals surface area (Å²) in [6.07, 6.45) is 3.96. The Labute approximate surface area is 110 Å². The number of thiophene rings is 1. The van der Waals surface area contributed by atoms with Crippen LogP contribution in [0.1, 0.15) is 42.3 Å². The average Bonchev–Trinajstić information content (AvgIpc) is 2.78. The van der Waals surface area contributed by atoms with E-state index in [0.717, 1.165) is 37.0 Å². The van der Waals surface area contributed by atoms with Crippen molar-refractivity contribution in [2.24, 2.45) is 11.8 Å². The number of hydrogen-bond acceptors (Lipinski definition) is 3. The van der Waals surface area contributed by atoms with E-state index < -0.39 is 5.97 Å².